The lowest BCUT2D eigenvalue weighted by Crippen LogP contribution is -2.29. The summed E-state index contributed by atoms with van der Waals surface area (Å²) in [5.74, 6) is 0.646. The number of amides is 1. The zero-order valence-electron chi connectivity index (χ0n) is 15.7. The van der Waals surface area contributed by atoms with Crippen LogP contribution in [0.3, 0.4) is 0 Å². The monoisotopic (exact) mass is 427 g/mol. The first-order valence-electron chi connectivity index (χ1n) is 9.42. The first-order valence-corrected chi connectivity index (χ1v) is 11.9. The SMILES string of the molecule is O=C(CSc1nc(-c2ccccc2)[nH]c1S(=O)(=O)c1ccccc1)N1CCCC1. The van der Waals surface area contributed by atoms with Crippen LogP contribution in [0.5, 0.6) is 0 Å². The van der Waals surface area contributed by atoms with Gasteiger partial charge in [0.15, 0.2) is 5.03 Å². The minimum Gasteiger partial charge on any atom is -0.342 e. The third kappa shape index (κ3) is 4.23. The standard InChI is InChI=1S/C21H21N3O3S2/c25-18(24-13-7-8-14-24)15-28-20-21(29(26,27)17-11-5-2-6-12-17)23-19(22-20)16-9-3-1-4-10-16/h1-6,9-12H,7-8,13-15H2,(H,22,23). The molecule has 6 nitrogen and oxygen atoms in total. The molecule has 1 aliphatic rings. The maximum atomic E-state index is 13.2. The number of rotatable bonds is 6. The molecule has 4 rings (SSSR count). The molecule has 2 heterocycles. The zero-order valence-corrected chi connectivity index (χ0v) is 17.4. The Balaban J connectivity index is 1.68. The zero-order chi connectivity index (χ0) is 20.3. The third-order valence-electron chi connectivity index (χ3n) is 4.80. The number of imidazole rings is 1. The maximum absolute atomic E-state index is 13.2. The van der Waals surface area contributed by atoms with Gasteiger partial charge in [0.25, 0.3) is 0 Å². The largest absolute Gasteiger partial charge is 0.342 e. The van der Waals surface area contributed by atoms with Crippen LogP contribution < -0.4 is 0 Å². The van der Waals surface area contributed by atoms with Crippen molar-refractivity contribution >= 4 is 27.5 Å². The Hall–Kier alpha value is -2.58. The number of hydrogen-bond acceptors (Lipinski definition) is 5. The molecule has 0 unspecified atom stereocenters. The molecule has 1 fully saturated rings. The van der Waals surface area contributed by atoms with Crippen LogP contribution in [-0.2, 0) is 14.6 Å². The normalized spacial score (nSPS) is 14.3. The Morgan fingerprint density at radius 1 is 1.00 bits per heavy atom. The van der Waals surface area contributed by atoms with Gasteiger partial charge in [-0.15, -0.1) is 0 Å². The Morgan fingerprint density at radius 2 is 1.62 bits per heavy atom. The number of nitrogens with one attached hydrogen (secondary N) is 1. The van der Waals surface area contributed by atoms with Crippen LogP contribution in [0.25, 0.3) is 11.4 Å². The fourth-order valence-electron chi connectivity index (χ4n) is 3.26. The molecule has 150 valence electrons. The number of hydrogen-bond donors (Lipinski definition) is 1. The number of H-pyrrole nitrogens is 1. The van der Waals surface area contributed by atoms with Gasteiger partial charge in [-0.25, -0.2) is 13.4 Å². The predicted octanol–water partition coefficient (Wildman–Crippen LogP) is 3.62. The van der Waals surface area contributed by atoms with E-state index in [1.165, 1.54) is 11.8 Å². The number of likely N-dealkylation sites (tertiary alicyclic amines) is 1. The number of nitrogens with zero attached hydrogens (tertiary/aromatic N) is 2. The molecule has 0 aliphatic carbocycles. The van der Waals surface area contributed by atoms with Crippen molar-refractivity contribution in [3.8, 4) is 11.4 Å². The van der Waals surface area contributed by atoms with E-state index >= 15 is 0 Å². The summed E-state index contributed by atoms with van der Waals surface area (Å²) in [7, 11) is -3.79. The summed E-state index contributed by atoms with van der Waals surface area (Å²) in [5.41, 5.74) is 0.787. The van der Waals surface area contributed by atoms with Gasteiger partial charge in [-0.05, 0) is 25.0 Å². The number of benzene rings is 2. The van der Waals surface area contributed by atoms with Crippen LogP contribution in [0.2, 0.25) is 0 Å². The number of aromatic nitrogens is 2. The predicted molar refractivity (Wildman–Crippen MR) is 112 cm³/mol. The quantitative estimate of drug-likeness (QED) is 0.608. The molecule has 8 heteroatoms. The van der Waals surface area contributed by atoms with Gasteiger partial charge >= 0.3 is 0 Å². The molecule has 1 saturated heterocycles. The van der Waals surface area contributed by atoms with Crippen molar-refractivity contribution in [3.63, 3.8) is 0 Å². The van der Waals surface area contributed by atoms with Gasteiger partial charge in [0.05, 0.1) is 10.6 Å². The summed E-state index contributed by atoms with van der Waals surface area (Å²) >= 11 is 1.17. The van der Waals surface area contributed by atoms with Crippen LogP contribution in [0, 0.1) is 0 Å². The average Bonchev–Trinajstić information content (AvgIpc) is 3.44. The highest BCUT2D eigenvalue weighted by Crippen LogP contribution is 2.32. The molecular weight excluding hydrogens is 406 g/mol. The lowest BCUT2D eigenvalue weighted by Gasteiger charge is -2.14. The topological polar surface area (TPSA) is 83.1 Å². The lowest BCUT2D eigenvalue weighted by atomic mass is 10.2. The van der Waals surface area contributed by atoms with Crippen molar-refractivity contribution in [2.24, 2.45) is 0 Å². The Bertz CT molecular complexity index is 1090. The molecule has 0 atom stereocenters. The second kappa shape index (κ2) is 8.42. The van der Waals surface area contributed by atoms with E-state index in [1.54, 1.807) is 30.3 Å². The summed E-state index contributed by atoms with van der Waals surface area (Å²) in [6, 6.07) is 17.6. The van der Waals surface area contributed by atoms with Gasteiger partial charge in [-0.2, -0.15) is 0 Å². The number of carbonyl (C=O) groups excluding carboxylic acids is 1. The Labute approximate surface area is 174 Å². The second-order valence-electron chi connectivity index (χ2n) is 6.78. The number of sulfone groups is 1. The first kappa shape index (κ1) is 19.7. The molecular formula is C21H21N3O3S2. The van der Waals surface area contributed by atoms with Crippen molar-refractivity contribution in [1.29, 1.82) is 0 Å². The van der Waals surface area contributed by atoms with Crippen LogP contribution >= 0.6 is 11.8 Å². The van der Waals surface area contributed by atoms with Gasteiger partial charge in [0.1, 0.15) is 10.9 Å². The molecule has 0 bridgehead atoms. The lowest BCUT2D eigenvalue weighted by molar-refractivity contribution is -0.127. The van der Waals surface area contributed by atoms with Crippen molar-refractivity contribution in [3.05, 3.63) is 60.7 Å². The highest BCUT2D eigenvalue weighted by atomic mass is 32.2. The minimum absolute atomic E-state index is 0.0137. The van der Waals surface area contributed by atoms with E-state index in [-0.39, 0.29) is 21.6 Å². The summed E-state index contributed by atoms with van der Waals surface area (Å²) in [4.78, 5) is 22.0. The number of carbonyl (C=O) groups is 1. The maximum Gasteiger partial charge on any atom is 0.232 e. The number of thioether (sulfide) groups is 1. The van der Waals surface area contributed by atoms with E-state index in [2.05, 4.69) is 9.97 Å². The summed E-state index contributed by atoms with van der Waals surface area (Å²) in [6.07, 6.45) is 2.04. The Morgan fingerprint density at radius 3 is 2.28 bits per heavy atom. The fraction of sp³-hybridized carbons (Fsp3) is 0.238. The molecule has 2 aromatic carbocycles. The van der Waals surface area contributed by atoms with E-state index < -0.39 is 9.84 Å². The summed E-state index contributed by atoms with van der Waals surface area (Å²) < 4.78 is 26.4. The first-order chi connectivity index (χ1) is 14.1. The third-order valence-corrected chi connectivity index (χ3v) is 7.62. The molecule has 1 aliphatic heterocycles. The molecule has 3 aromatic rings. The van der Waals surface area contributed by atoms with Crippen molar-refractivity contribution in [2.75, 3.05) is 18.8 Å². The van der Waals surface area contributed by atoms with E-state index in [0.29, 0.717) is 10.9 Å². The number of aromatic amines is 1. The molecule has 0 saturated carbocycles. The van der Waals surface area contributed by atoms with Gasteiger partial charge in [-0.1, -0.05) is 60.3 Å². The van der Waals surface area contributed by atoms with Crippen molar-refractivity contribution < 1.29 is 13.2 Å². The van der Waals surface area contributed by atoms with Gasteiger partial charge in [-0.3, -0.25) is 4.79 Å². The van der Waals surface area contributed by atoms with Crippen LogP contribution in [-0.4, -0.2) is 48.0 Å². The van der Waals surface area contributed by atoms with Crippen LogP contribution in [0.1, 0.15) is 12.8 Å². The van der Waals surface area contributed by atoms with Crippen molar-refractivity contribution in [1.82, 2.24) is 14.9 Å². The second-order valence-corrected chi connectivity index (χ2v) is 9.63. The van der Waals surface area contributed by atoms with Crippen LogP contribution in [0.15, 0.2) is 75.6 Å². The molecule has 1 amide bonds. The smallest absolute Gasteiger partial charge is 0.232 e. The molecule has 1 N–H and O–H groups in total. The molecule has 29 heavy (non-hydrogen) atoms. The fourth-order valence-corrected chi connectivity index (χ4v) is 5.80. The molecule has 0 spiro atoms. The molecule has 0 radical (unpaired) electrons. The average molecular weight is 428 g/mol. The van der Waals surface area contributed by atoms with Gasteiger partial charge in [0, 0.05) is 18.7 Å². The van der Waals surface area contributed by atoms with E-state index in [9.17, 15) is 13.2 Å². The molecule has 1 aromatic heterocycles. The van der Waals surface area contributed by atoms with E-state index in [1.807, 2.05) is 35.2 Å². The van der Waals surface area contributed by atoms with Gasteiger partial charge in [0.2, 0.25) is 15.7 Å². The highest BCUT2D eigenvalue weighted by molar-refractivity contribution is 8.00. The van der Waals surface area contributed by atoms with Gasteiger partial charge < -0.3 is 9.88 Å². The highest BCUT2D eigenvalue weighted by Gasteiger charge is 2.27. The summed E-state index contributed by atoms with van der Waals surface area (Å²) in [5, 5.41) is 0.349. The van der Waals surface area contributed by atoms with E-state index in [4.69, 9.17) is 0 Å². The summed E-state index contributed by atoms with van der Waals surface area (Å²) in [6.45, 7) is 1.54. The minimum atomic E-state index is -3.79. The Kier molecular flexibility index (Phi) is 5.73. The van der Waals surface area contributed by atoms with E-state index in [0.717, 1.165) is 31.5 Å². The van der Waals surface area contributed by atoms with Crippen molar-refractivity contribution in [2.45, 2.75) is 27.8 Å². The van der Waals surface area contributed by atoms with Crippen LogP contribution in [0.4, 0.5) is 0 Å².